The maximum Gasteiger partial charge on any atom is 0.326 e. The van der Waals surface area contributed by atoms with Crippen molar-refractivity contribution in [2.24, 2.45) is 0 Å². The van der Waals surface area contributed by atoms with Crippen LogP contribution >= 0.6 is 0 Å². The average molecular weight is 516 g/mol. The Labute approximate surface area is 222 Å². The fourth-order valence-corrected chi connectivity index (χ4v) is 5.34. The molecule has 5 rings (SSSR count). The number of aliphatic hydroxyl groups excluding tert-OH is 1. The van der Waals surface area contributed by atoms with Gasteiger partial charge in [-0.15, -0.1) is 0 Å². The minimum Gasteiger partial charge on any atom is -0.489 e. The smallest absolute Gasteiger partial charge is 0.326 e. The molecule has 1 fully saturated rings. The van der Waals surface area contributed by atoms with E-state index in [1.165, 1.54) is 4.90 Å². The largest absolute Gasteiger partial charge is 0.489 e. The van der Waals surface area contributed by atoms with Crippen LogP contribution in [0.5, 0.6) is 5.75 Å². The number of carbonyl (C=O) groups is 2. The summed E-state index contributed by atoms with van der Waals surface area (Å²) in [7, 11) is 0. The van der Waals surface area contributed by atoms with Crippen molar-refractivity contribution < 1.29 is 29.3 Å². The Morgan fingerprint density at radius 1 is 0.895 bits per heavy atom. The molecule has 3 aromatic carbocycles. The molecule has 0 spiro atoms. The number of hydrogen-bond donors (Lipinski definition) is 2. The second kappa shape index (κ2) is 11.8. The Hall–Kier alpha value is -3.68. The highest BCUT2D eigenvalue weighted by Gasteiger charge is 2.40. The molecule has 2 aliphatic rings. The predicted octanol–water partition coefficient (Wildman–Crippen LogP) is 4.66. The second-order valence-electron chi connectivity index (χ2n) is 10.0. The molecular formula is C31H33NO6. The molecule has 0 saturated heterocycles. The predicted molar refractivity (Wildman–Crippen MR) is 141 cm³/mol. The number of carboxylic acid groups (broad SMARTS) is 1. The van der Waals surface area contributed by atoms with E-state index in [4.69, 9.17) is 9.47 Å². The van der Waals surface area contributed by atoms with Crippen LogP contribution in [-0.4, -0.2) is 45.2 Å². The van der Waals surface area contributed by atoms with Gasteiger partial charge in [-0.05, 0) is 48.4 Å². The Balaban J connectivity index is 1.40. The summed E-state index contributed by atoms with van der Waals surface area (Å²) in [6.45, 7) is 0.529. The zero-order valence-corrected chi connectivity index (χ0v) is 21.2. The van der Waals surface area contributed by atoms with Crippen LogP contribution in [0.25, 0.3) is 0 Å². The molecule has 1 saturated carbocycles. The van der Waals surface area contributed by atoms with Crippen molar-refractivity contribution in [2.45, 2.75) is 69.6 Å². The maximum atomic E-state index is 14.0. The monoisotopic (exact) mass is 515 g/mol. The highest BCUT2D eigenvalue weighted by molar-refractivity contribution is 5.88. The van der Waals surface area contributed by atoms with Gasteiger partial charge in [0.25, 0.3) is 5.91 Å². The van der Waals surface area contributed by atoms with Gasteiger partial charge in [-0.1, -0.05) is 72.8 Å². The molecule has 1 aliphatic carbocycles. The number of amides is 1. The Kier molecular flexibility index (Phi) is 8.05. The van der Waals surface area contributed by atoms with Crippen LogP contribution < -0.4 is 4.74 Å². The van der Waals surface area contributed by atoms with Crippen molar-refractivity contribution in [3.05, 3.63) is 101 Å². The molecule has 7 heteroatoms. The highest BCUT2D eigenvalue weighted by atomic mass is 16.5. The lowest BCUT2D eigenvalue weighted by Crippen LogP contribution is -2.51. The second-order valence-corrected chi connectivity index (χ2v) is 10.0. The van der Waals surface area contributed by atoms with Gasteiger partial charge < -0.3 is 24.6 Å². The van der Waals surface area contributed by atoms with Crippen LogP contribution in [0.2, 0.25) is 0 Å². The molecule has 1 amide bonds. The van der Waals surface area contributed by atoms with E-state index < -0.39 is 18.1 Å². The van der Waals surface area contributed by atoms with Crippen molar-refractivity contribution in [3.63, 3.8) is 0 Å². The normalized spacial score (nSPS) is 21.8. The zero-order chi connectivity index (χ0) is 26.5. The Morgan fingerprint density at radius 2 is 1.58 bits per heavy atom. The molecule has 38 heavy (non-hydrogen) atoms. The first-order valence-corrected chi connectivity index (χ1v) is 13.2. The molecule has 0 bridgehead atoms. The van der Waals surface area contributed by atoms with Gasteiger partial charge in [-0.25, -0.2) is 4.79 Å². The van der Waals surface area contributed by atoms with Crippen molar-refractivity contribution in [1.82, 2.24) is 4.90 Å². The van der Waals surface area contributed by atoms with Gasteiger partial charge in [0.05, 0.1) is 12.2 Å². The summed E-state index contributed by atoms with van der Waals surface area (Å²) >= 11 is 0. The van der Waals surface area contributed by atoms with Gasteiger partial charge in [0.1, 0.15) is 18.4 Å². The topological polar surface area (TPSA) is 96.3 Å². The summed E-state index contributed by atoms with van der Waals surface area (Å²) in [6, 6.07) is 23.6. The number of carboxylic acids is 1. The first-order valence-electron chi connectivity index (χ1n) is 13.2. The molecule has 0 aromatic heterocycles. The summed E-state index contributed by atoms with van der Waals surface area (Å²) < 4.78 is 12.4. The number of nitrogens with zero attached hydrogens (tertiary/aromatic N) is 1. The Morgan fingerprint density at radius 3 is 2.26 bits per heavy atom. The summed E-state index contributed by atoms with van der Waals surface area (Å²) in [5.74, 6) is -0.785. The summed E-state index contributed by atoms with van der Waals surface area (Å²) in [6.07, 6.45) is 1.29. The lowest BCUT2D eigenvalue weighted by Gasteiger charge is -2.38. The number of fused-ring (bicyclic) bond motifs is 1. The molecule has 198 valence electrons. The maximum absolute atomic E-state index is 14.0. The van der Waals surface area contributed by atoms with Crippen LogP contribution in [0.15, 0.2) is 78.9 Å². The van der Waals surface area contributed by atoms with Crippen LogP contribution in [0.1, 0.15) is 54.0 Å². The van der Waals surface area contributed by atoms with E-state index in [0.29, 0.717) is 43.6 Å². The van der Waals surface area contributed by atoms with Crippen LogP contribution in [0, 0.1) is 0 Å². The van der Waals surface area contributed by atoms with E-state index in [1.54, 1.807) is 0 Å². The third kappa shape index (κ3) is 5.90. The first-order chi connectivity index (χ1) is 18.5. The van der Waals surface area contributed by atoms with Crippen LogP contribution in [0.4, 0.5) is 0 Å². The molecule has 1 unspecified atom stereocenters. The molecule has 2 N–H and O–H groups in total. The minimum atomic E-state index is -1.06. The molecule has 1 aliphatic heterocycles. The standard InChI is InChI=1S/C31H33NO6/c33-24-14-16-25(17-15-24)38-29(22-10-5-2-6-11-22)30(34)32-19-23-12-7-13-28(26(23)18-27(32)31(35)36)37-20-21-8-3-1-4-9-21/h1-13,24-25,27,29,33H,14-20H2,(H,35,36)/t24?,25?,27-,29?/m1/s1. The number of aliphatic hydroxyl groups is 1. The van der Waals surface area contributed by atoms with E-state index in [9.17, 15) is 19.8 Å². The lowest BCUT2D eigenvalue weighted by molar-refractivity contribution is -0.161. The number of rotatable bonds is 8. The van der Waals surface area contributed by atoms with Crippen molar-refractivity contribution in [1.29, 1.82) is 0 Å². The SMILES string of the molecule is O=C(O)[C@H]1Cc2c(cccc2OCc2ccccc2)CN1C(=O)C(OC1CCC(O)CC1)c1ccccc1. The van der Waals surface area contributed by atoms with E-state index in [-0.39, 0.29) is 31.1 Å². The van der Waals surface area contributed by atoms with Crippen molar-refractivity contribution >= 4 is 11.9 Å². The molecule has 7 nitrogen and oxygen atoms in total. The van der Waals surface area contributed by atoms with Gasteiger partial charge >= 0.3 is 5.97 Å². The van der Waals surface area contributed by atoms with Gasteiger partial charge in [0, 0.05) is 18.5 Å². The summed E-state index contributed by atoms with van der Waals surface area (Å²) in [5.41, 5.74) is 3.40. The van der Waals surface area contributed by atoms with Crippen molar-refractivity contribution in [2.75, 3.05) is 0 Å². The highest BCUT2D eigenvalue weighted by Crippen LogP contribution is 2.35. The summed E-state index contributed by atoms with van der Waals surface area (Å²) in [4.78, 5) is 27.9. The quantitative estimate of drug-likeness (QED) is 0.453. The van der Waals surface area contributed by atoms with E-state index in [2.05, 4.69) is 0 Å². The number of hydrogen-bond acceptors (Lipinski definition) is 5. The zero-order valence-electron chi connectivity index (χ0n) is 21.2. The van der Waals surface area contributed by atoms with Gasteiger partial charge in [-0.3, -0.25) is 4.79 Å². The third-order valence-corrected chi connectivity index (χ3v) is 7.45. The van der Waals surface area contributed by atoms with Crippen LogP contribution in [-0.2, 0) is 33.9 Å². The molecule has 3 aromatic rings. The fraction of sp³-hybridized carbons (Fsp3) is 0.355. The summed E-state index contributed by atoms with van der Waals surface area (Å²) in [5, 5.41) is 20.1. The lowest BCUT2D eigenvalue weighted by atomic mass is 9.91. The molecule has 1 heterocycles. The number of carbonyl (C=O) groups excluding carboxylic acids is 1. The van der Waals surface area contributed by atoms with Gasteiger partial charge in [0.15, 0.2) is 6.10 Å². The minimum absolute atomic E-state index is 0.151. The van der Waals surface area contributed by atoms with Gasteiger partial charge in [0.2, 0.25) is 0 Å². The van der Waals surface area contributed by atoms with E-state index in [1.807, 2.05) is 78.9 Å². The number of aliphatic carboxylic acids is 1. The number of ether oxygens (including phenoxy) is 2. The fourth-order valence-electron chi connectivity index (χ4n) is 5.34. The molecule has 2 atom stereocenters. The third-order valence-electron chi connectivity index (χ3n) is 7.45. The molecule has 0 radical (unpaired) electrons. The van der Waals surface area contributed by atoms with E-state index >= 15 is 0 Å². The van der Waals surface area contributed by atoms with Crippen molar-refractivity contribution in [3.8, 4) is 5.75 Å². The van der Waals surface area contributed by atoms with Gasteiger partial charge in [-0.2, -0.15) is 0 Å². The van der Waals surface area contributed by atoms with Crippen LogP contribution in [0.3, 0.4) is 0 Å². The first kappa shape index (κ1) is 25.9. The molecular weight excluding hydrogens is 482 g/mol. The average Bonchev–Trinajstić information content (AvgIpc) is 2.95. The Bertz CT molecular complexity index is 1240. The number of benzene rings is 3. The van der Waals surface area contributed by atoms with E-state index in [0.717, 1.165) is 16.7 Å².